The number of hydrogen-bond donors (Lipinski definition) is 0. The Balaban J connectivity index is 2.05. The maximum atomic E-state index is 12.1. The number of aliphatic imine (C=N–C) groups is 1. The molecule has 1 spiro atoms. The van der Waals surface area contributed by atoms with E-state index in [0.717, 1.165) is 29.8 Å². The van der Waals surface area contributed by atoms with Crippen molar-refractivity contribution in [2.75, 3.05) is 6.54 Å². The third-order valence-electron chi connectivity index (χ3n) is 3.99. The summed E-state index contributed by atoms with van der Waals surface area (Å²) in [7, 11) is 0. The molecule has 0 radical (unpaired) electrons. The summed E-state index contributed by atoms with van der Waals surface area (Å²) >= 11 is 0. The second-order valence-corrected chi connectivity index (χ2v) is 4.65. The Morgan fingerprint density at radius 1 is 1.47 bits per heavy atom. The van der Waals surface area contributed by atoms with Gasteiger partial charge in [-0.2, -0.15) is 0 Å². The van der Waals surface area contributed by atoms with E-state index in [0.29, 0.717) is 5.92 Å². The van der Waals surface area contributed by atoms with E-state index in [4.69, 9.17) is 1.37 Å². The zero-order valence-electron chi connectivity index (χ0n) is 9.23. The SMILES string of the molecule is [3H]C1C(=O)c2ccccc2C23CC2CN=C13. The highest BCUT2D eigenvalue weighted by Gasteiger charge is 2.64. The van der Waals surface area contributed by atoms with Crippen molar-refractivity contribution in [1.29, 1.82) is 0 Å². The minimum absolute atomic E-state index is 0.0169. The van der Waals surface area contributed by atoms with E-state index >= 15 is 0 Å². The summed E-state index contributed by atoms with van der Waals surface area (Å²) in [6.45, 7) is 0.812. The highest BCUT2D eigenvalue weighted by atomic mass is 16.1. The summed E-state index contributed by atoms with van der Waals surface area (Å²) in [5, 5.41) is 0. The second kappa shape index (κ2) is 2.21. The molecule has 15 heavy (non-hydrogen) atoms. The molecular formula is C13H11NO. The van der Waals surface area contributed by atoms with E-state index < -0.39 is 6.40 Å². The van der Waals surface area contributed by atoms with Crippen LogP contribution < -0.4 is 0 Å². The van der Waals surface area contributed by atoms with Gasteiger partial charge in [-0.05, 0) is 17.9 Å². The van der Waals surface area contributed by atoms with E-state index in [1.165, 1.54) is 0 Å². The predicted octanol–water partition coefficient (Wildman–Crippen LogP) is 1.99. The number of rotatable bonds is 0. The number of fused-ring (bicyclic) bond motifs is 1. The van der Waals surface area contributed by atoms with E-state index in [1.54, 1.807) is 0 Å². The standard InChI is InChI=1S/C13H11NO/c15-11-5-12-13(6-8(13)7-14-12)10-4-2-1-3-9(10)11/h1-4,8H,5-7H2/i5T. The molecule has 74 valence electrons. The second-order valence-electron chi connectivity index (χ2n) is 4.65. The first-order chi connectivity index (χ1) is 7.75. The average molecular weight is 199 g/mol. The molecule has 1 fully saturated rings. The van der Waals surface area contributed by atoms with Crippen LogP contribution in [0.1, 0.15) is 30.1 Å². The van der Waals surface area contributed by atoms with Crippen LogP contribution in [0.5, 0.6) is 0 Å². The highest BCUT2D eigenvalue weighted by molar-refractivity contribution is 6.20. The first-order valence-electron chi connectivity index (χ1n) is 5.93. The van der Waals surface area contributed by atoms with Crippen LogP contribution in [0.25, 0.3) is 0 Å². The Hall–Kier alpha value is -1.44. The van der Waals surface area contributed by atoms with Crippen molar-refractivity contribution in [2.45, 2.75) is 18.2 Å². The third-order valence-corrected chi connectivity index (χ3v) is 3.99. The Labute approximate surface area is 89.4 Å². The minimum Gasteiger partial charge on any atom is -0.294 e. The van der Waals surface area contributed by atoms with Crippen LogP contribution in [-0.2, 0) is 5.41 Å². The van der Waals surface area contributed by atoms with Gasteiger partial charge in [-0.15, -0.1) is 0 Å². The van der Waals surface area contributed by atoms with Gasteiger partial charge in [0.15, 0.2) is 5.78 Å². The van der Waals surface area contributed by atoms with Crippen molar-refractivity contribution in [3.8, 4) is 0 Å². The fourth-order valence-corrected chi connectivity index (χ4v) is 3.14. The molecule has 0 aromatic heterocycles. The quantitative estimate of drug-likeness (QED) is 0.628. The number of Topliss-reactive ketones (excluding diaryl/α,β-unsaturated/α-hetero) is 1. The maximum absolute atomic E-state index is 12.1. The molecule has 2 heteroatoms. The van der Waals surface area contributed by atoms with Gasteiger partial charge in [0, 0.05) is 31.0 Å². The molecular weight excluding hydrogens is 186 g/mol. The Morgan fingerprint density at radius 2 is 2.33 bits per heavy atom. The number of carbonyl (C=O) groups excluding carboxylic acids is 1. The molecule has 2 aliphatic carbocycles. The summed E-state index contributed by atoms with van der Waals surface area (Å²) in [6, 6.07) is 7.77. The van der Waals surface area contributed by atoms with E-state index in [2.05, 4.69) is 4.99 Å². The van der Waals surface area contributed by atoms with Crippen LogP contribution in [0.15, 0.2) is 29.3 Å². The lowest BCUT2D eigenvalue weighted by atomic mass is 9.77. The van der Waals surface area contributed by atoms with Crippen LogP contribution in [0.4, 0.5) is 0 Å². The van der Waals surface area contributed by atoms with Crippen molar-refractivity contribution in [1.82, 2.24) is 0 Å². The van der Waals surface area contributed by atoms with Gasteiger partial charge in [-0.25, -0.2) is 0 Å². The molecule has 1 aromatic rings. The smallest absolute Gasteiger partial charge is 0.168 e. The molecule has 3 unspecified atom stereocenters. The molecule has 0 bridgehead atoms. The molecule has 1 heterocycles. The Kier molecular flexibility index (Phi) is 1.02. The van der Waals surface area contributed by atoms with Crippen LogP contribution >= 0.6 is 0 Å². The number of ketones is 1. The molecule has 1 saturated carbocycles. The fourth-order valence-electron chi connectivity index (χ4n) is 3.14. The van der Waals surface area contributed by atoms with E-state index in [-0.39, 0.29) is 11.2 Å². The molecule has 4 rings (SSSR count). The number of nitrogens with zero attached hydrogens (tertiary/aromatic N) is 1. The normalized spacial score (nSPS) is 41.2. The maximum Gasteiger partial charge on any atom is 0.168 e. The molecule has 3 aliphatic rings. The van der Waals surface area contributed by atoms with Gasteiger partial charge in [0.05, 0.1) is 0 Å². The molecule has 0 amide bonds. The predicted molar refractivity (Wildman–Crippen MR) is 57.5 cm³/mol. The highest BCUT2D eigenvalue weighted by Crippen LogP contribution is 2.61. The van der Waals surface area contributed by atoms with Gasteiger partial charge in [0.2, 0.25) is 0 Å². The summed E-state index contributed by atoms with van der Waals surface area (Å²) in [5.41, 5.74) is 2.70. The molecule has 0 saturated heterocycles. The van der Waals surface area contributed by atoms with E-state index in [9.17, 15) is 4.79 Å². The minimum atomic E-state index is -0.748. The van der Waals surface area contributed by atoms with Crippen LogP contribution in [0.3, 0.4) is 0 Å². The average Bonchev–Trinajstić information content (AvgIpc) is 2.93. The fraction of sp³-hybridized carbons (Fsp3) is 0.385. The van der Waals surface area contributed by atoms with Gasteiger partial charge >= 0.3 is 0 Å². The molecule has 2 nitrogen and oxygen atoms in total. The number of carbonyl (C=O) groups is 1. The van der Waals surface area contributed by atoms with Gasteiger partial charge in [0.1, 0.15) is 0 Å². The lowest BCUT2D eigenvalue weighted by molar-refractivity contribution is 0.0995. The number of hydrogen-bond acceptors (Lipinski definition) is 2. The van der Waals surface area contributed by atoms with Gasteiger partial charge < -0.3 is 0 Å². The Bertz CT molecular complexity index is 551. The summed E-state index contributed by atoms with van der Waals surface area (Å²) in [5.74, 6) is 0.483. The summed E-state index contributed by atoms with van der Waals surface area (Å²) in [6.07, 6.45) is 0.341. The van der Waals surface area contributed by atoms with Gasteiger partial charge in [-0.1, -0.05) is 24.3 Å². The van der Waals surface area contributed by atoms with Crippen molar-refractivity contribution in [3.05, 3.63) is 35.4 Å². The molecule has 3 atom stereocenters. The molecule has 0 N–H and O–H groups in total. The lowest BCUT2D eigenvalue weighted by Gasteiger charge is -2.24. The first-order valence-corrected chi connectivity index (χ1v) is 5.36. The number of benzene rings is 1. The zero-order chi connectivity index (χ0) is 10.9. The van der Waals surface area contributed by atoms with Crippen LogP contribution in [0, 0.1) is 5.92 Å². The van der Waals surface area contributed by atoms with E-state index in [1.807, 2.05) is 24.3 Å². The van der Waals surface area contributed by atoms with Gasteiger partial charge in [0.25, 0.3) is 0 Å². The van der Waals surface area contributed by atoms with Crippen LogP contribution in [-0.4, -0.2) is 18.0 Å². The van der Waals surface area contributed by atoms with Crippen molar-refractivity contribution < 1.29 is 6.17 Å². The van der Waals surface area contributed by atoms with Crippen molar-refractivity contribution >= 4 is 11.5 Å². The first kappa shape index (κ1) is 6.94. The summed E-state index contributed by atoms with van der Waals surface area (Å²) < 4.78 is 8.01. The largest absolute Gasteiger partial charge is 0.294 e. The van der Waals surface area contributed by atoms with Crippen molar-refractivity contribution in [2.24, 2.45) is 10.9 Å². The van der Waals surface area contributed by atoms with Crippen molar-refractivity contribution in [3.63, 3.8) is 0 Å². The zero-order valence-corrected chi connectivity index (χ0v) is 8.23. The molecule has 1 aliphatic heterocycles. The van der Waals surface area contributed by atoms with Crippen LogP contribution in [0.2, 0.25) is 0 Å². The van der Waals surface area contributed by atoms with Gasteiger partial charge in [-0.3, -0.25) is 9.79 Å². The Morgan fingerprint density at radius 3 is 3.20 bits per heavy atom. The molecule has 1 aromatic carbocycles. The topological polar surface area (TPSA) is 29.4 Å². The summed E-state index contributed by atoms with van der Waals surface area (Å²) in [4.78, 5) is 16.5. The lowest BCUT2D eigenvalue weighted by Crippen LogP contribution is -2.30. The monoisotopic (exact) mass is 199 g/mol. The third kappa shape index (κ3) is 0.738.